The van der Waals surface area contributed by atoms with Gasteiger partial charge in [-0.3, -0.25) is 0 Å². The summed E-state index contributed by atoms with van der Waals surface area (Å²) < 4.78 is 11.1. The number of nitrogens with zero attached hydrogens (tertiary/aromatic N) is 1. The summed E-state index contributed by atoms with van der Waals surface area (Å²) in [5.74, 6) is 0.0465. The van der Waals surface area contributed by atoms with Crippen molar-refractivity contribution in [1.29, 1.82) is 0 Å². The van der Waals surface area contributed by atoms with Crippen molar-refractivity contribution >= 4 is 39.6 Å². The van der Waals surface area contributed by atoms with Gasteiger partial charge in [-0.15, -0.1) is 11.3 Å². The lowest BCUT2D eigenvalue weighted by Crippen LogP contribution is -2.08. The van der Waals surface area contributed by atoms with Crippen molar-refractivity contribution in [2.24, 2.45) is 0 Å². The van der Waals surface area contributed by atoms with Crippen LogP contribution in [0.1, 0.15) is 40.8 Å². The number of halogens is 1. The fraction of sp³-hybridized carbons (Fsp3) is 0.208. The Morgan fingerprint density at radius 3 is 2.68 bits per heavy atom. The summed E-state index contributed by atoms with van der Waals surface area (Å²) in [7, 11) is 1.33. The highest BCUT2D eigenvalue weighted by atomic mass is 35.5. The normalized spacial score (nSPS) is 11.6. The van der Waals surface area contributed by atoms with Crippen LogP contribution in [-0.4, -0.2) is 18.2 Å². The van der Waals surface area contributed by atoms with Crippen LogP contribution in [0.15, 0.2) is 61.3 Å². The minimum absolute atomic E-state index is 0.146. The van der Waals surface area contributed by atoms with Crippen LogP contribution in [0.25, 0.3) is 0 Å². The second-order valence-corrected chi connectivity index (χ2v) is 8.21. The lowest BCUT2D eigenvalue weighted by atomic mass is 10.1. The van der Waals surface area contributed by atoms with E-state index in [1.165, 1.54) is 18.4 Å². The van der Waals surface area contributed by atoms with Gasteiger partial charge in [0.05, 0.1) is 12.8 Å². The third kappa shape index (κ3) is 4.86. The first-order chi connectivity index (χ1) is 14.9. The quantitative estimate of drug-likeness (QED) is 0.373. The van der Waals surface area contributed by atoms with Crippen molar-refractivity contribution in [2.45, 2.75) is 26.4 Å². The first-order valence-corrected chi connectivity index (χ1v) is 11.0. The maximum atomic E-state index is 12.5. The highest BCUT2D eigenvalue weighted by Crippen LogP contribution is 2.43. The summed E-state index contributed by atoms with van der Waals surface area (Å²) in [6, 6.07) is 14.4. The number of ether oxygens (including phenoxy) is 2. The molecule has 3 aromatic rings. The zero-order valence-corrected chi connectivity index (χ0v) is 19.2. The van der Waals surface area contributed by atoms with Crippen LogP contribution >= 0.6 is 22.9 Å². The average molecular weight is 458 g/mol. The van der Waals surface area contributed by atoms with Gasteiger partial charge in [-0.1, -0.05) is 49.4 Å². The second-order valence-electron chi connectivity index (χ2n) is 6.77. The molecular formula is C24H24ClNO4S. The van der Waals surface area contributed by atoms with Gasteiger partial charge in [0.1, 0.15) is 22.6 Å². The van der Waals surface area contributed by atoms with Crippen LogP contribution in [-0.2, 0) is 11.2 Å². The molecule has 1 heterocycles. The fourth-order valence-electron chi connectivity index (χ4n) is 3.24. The number of carbonyl (C=O) groups is 1. The van der Waals surface area contributed by atoms with Crippen LogP contribution in [0.4, 0.5) is 10.7 Å². The summed E-state index contributed by atoms with van der Waals surface area (Å²) in [6.07, 6.45) is 2.02. The minimum Gasteiger partial charge on any atom is -0.508 e. The number of aromatic hydroxyl groups is 1. The molecule has 31 heavy (non-hydrogen) atoms. The Morgan fingerprint density at radius 1 is 1.29 bits per heavy atom. The van der Waals surface area contributed by atoms with Crippen LogP contribution in [0, 0.1) is 0 Å². The molecule has 0 amide bonds. The van der Waals surface area contributed by atoms with E-state index in [2.05, 4.69) is 6.58 Å². The van der Waals surface area contributed by atoms with Gasteiger partial charge >= 0.3 is 5.97 Å². The van der Waals surface area contributed by atoms with Crippen molar-refractivity contribution in [3.8, 4) is 11.5 Å². The summed E-state index contributed by atoms with van der Waals surface area (Å²) >= 11 is 7.53. The van der Waals surface area contributed by atoms with Crippen LogP contribution < -0.4 is 9.64 Å². The molecule has 0 saturated heterocycles. The largest absolute Gasteiger partial charge is 0.508 e. The molecule has 2 aromatic carbocycles. The van der Waals surface area contributed by atoms with E-state index in [4.69, 9.17) is 21.1 Å². The first kappa shape index (κ1) is 22.7. The minimum atomic E-state index is -0.492. The number of phenolic OH excluding ortho intramolecular Hbond substituents is 1. The van der Waals surface area contributed by atoms with Crippen molar-refractivity contribution in [3.05, 3.63) is 82.3 Å². The number of hydrogen-bond acceptors (Lipinski definition) is 6. The molecule has 0 aliphatic carbocycles. The highest BCUT2D eigenvalue weighted by molar-refractivity contribution is 7.18. The van der Waals surface area contributed by atoms with Crippen molar-refractivity contribution < 1.29 is 19.4 Å². The molecule has 1 N–H and O–H groups in total. The lowest BCUT2D eigenvalue weighted by molar-refractivity contribution is 0.0600. The van der Waals surface area contributed by atoms with E-state index in [1.54, 1.807) is 30.5 Å². The topological polar surface area (TPSA) is 59.0 Å². The lowest BCUT2D eigenvalue weighted by Gasteiger charge is -2.21. The molecule has 1 unspecified atom stereocenters. The number of methoxy groups -OCH3 is 1. The Labute approximate surface area is 191 Å². The van der Waals surface area contributed by atoms with E-state index in [9.17, 15) is 9.90 Å². The summed E-state index contributed by atoms with van der Waals surface area (Å²) in [6.45, 7) is 7.82. The molecule has 7 heteroatoms. The molecule has 5 nitrogen and oxygen atoms in total. The third-order valence-corrected chi connectivity index (χ3v) is 6.27. The zero-order chi connectivity index (χ0) is 22.5. The van der Waals surface area contributed by atoms with Gasteiger partial charge in [0.2, 0.25) is 0 Å². The Morgan fingerprint density at radius 2 is 2.03 bits per heavy atom. The molecule has 1 atom stereocenters. The molecule has 0 bridgehead atoms. The summed E-state index contributed by atoms with van der Waals surface area (Å²) in [5.41, 5.74) is 2.62. The van der Waals surface area contributed by atoms with E-state index >= 15 is 0 Å². The van der Waals surface area contributed by atoms with Gasteiger partial charge in [0, 0.05) is 28.9 Å². The third-order valence-electron chi connectivity index (χ3n) is 4.83. The van der Waals surface area contributed by atoms with Crippen molar-refractivity contribution in [1.82, 2.24) is 0 Å². The molecule has 0 aliphatic rings. The molecule has 0 saturated carbocycles. The first-order valence-electron chi connectivity index (χ1n) is 9.76. The number of carbonyl (C=O) groups excluding carboxylic acids is 1. The molecule has 3 rings (SSSR count). The molecule has 0 aliphatic heterocycles. The molecule has 162 valence electrons. The molecule has 0 spiro atoms. The smallest absolute Gasteiger partial charge is 0.351 e. The predicted octanol–water partition coefficient (Wildman–Crippen LogP) is 6.88. The van der Waals surface area contributed by atoms with E-state index in [0.717, 1.165) is 23.2 Å². The van der Waals surface area contributed by atoms with E-state index in [-0.39, 0.29) is 11.9 Å². The molecule has 0 fully saturated rings. The Kier molecular flexibility index (Phi) is 7.25. The number of rotatable bonds is 8. The average Bonchev–Trinajstić information content (AvgIpc) is 3.17. The summed E-state index contributed by atoms with van der Waals surface area (Å²) in [5, 5.41) is 11.3. The maximum absolute atomic E-state index is 12.5. The number of thiophene rings is 1. The van der Waals surface area contributed by atoms with Gasteiger partial charge in [-0.2, -0.15) is 0 Å². The van der Waals surface area contributed by atoms with Gasteiger partial charge in [0.15, 0.2) is 4.88 Å². The zero-order valence-electron chi connectivity index (χ0n) is 17.6. The summed E-state index contributed by atoms with van der Waals surface area (Å²) in [4.78, 5) is 14.6. The van der Waals surface area contributed by atoms with Crippen LogP contribution in [0.3, 0.4) is 0 Å². The Balaban J connectivity index is 2.04. The van der Waals surface area contributed by atoms with Crippen molar-refractivity contribution in [3.63, 3.8) is 0 Å². The number of esters is 1. The number of anilines is 2. The molecule has 0 radical (unpaired) electrons. The van der Waals surface area contributed by atoms with Gasteiger partial charge in [0.25, 0.3) is 0 Å². The van der Waals surface area contributed by atoms with Crippen LogP contribution in [0.2, 0.25) is 5.02 Å². The van der Waals surface area contributed by atoms with Crippen LogP contribution in [0.5, 0.6) is 11.5 Å². The number of aryl methyl sites for hydroxylation is 1. The number of phenols is 1. The SMILES string of the molecule is C=CN(c1cc(OC(C)c2ccccc2Cl)c(C(=O)OC)s1)c1cc(O)ccc1CC. The van der Waals surface area contributed by atoms with Crippen molar-refractivity contribution in [2.75, 3.05) is 12.0 Å². The van der Waals surface area contributed by atoms with Gasteiger partial charge < -0.3 is 19.5 Å². The highest BCUT2D eigenvalue weighted by Gasteiger charge is 2.24. The van der Waals surface area contributed by atoms with E-state index < -0.39 is 5.97 Å². The second kappa shape index (κ2) is 9.90. The van der Waals surface area contributed by atoms with E-state index in [1.807, 2.05) is 43.0 Å². The molecule has 1 aromatic heterocycles. The fourth-order valence-corrected chi connectivity index (χ4v) is 4.55. The van der Waals surface area contributed by atoms with Gasteiger partial charge in [-0.05, 0) is 31.0 Å². The van der Waals surface area contributed by atoms with Gasteiger partial charge in [-0.25, -0.2) is 4.79 Å². The predicted molar refractivity (Wildman–Crippen MR) is 126 cm³/mol. The standard InChI is InChI=1S/C24H24ClNO4S/c1-5-16-11-12-17(27)13-20(16)26(6-2)22-14-21(23(31-22)24(28)29-4)30-15(3)18-9-7-8-10-19(18)25/h6-15,27H,2,5H2,1,3-4H3. The number of hydrogen-bond donors (Lipinski definition) is 1. The monoisotopic (exact) mass is 457 g/mol. The van der Waals surface area contributed by atoms with E-state index in [0.29, 0.717) is 20.7 Å². The number of benzene rings is 2. The maximum Gasteiger partial charge on any atom is 0.351 e. The Hall–Kier alpha value is -2.96. The Bertz CT molecular complexity index is 1090. The molecular weight excluding hydrogens is 434 g/mol.